The normalized spacial score (nSPS) is 12.3. The first-order valence-electron chi connectivity index (χ1n) is 9.44. The van der Waals surface area contributed by atoms with Gasteiger partial charge in [-0.05, 0) is 35.9 Å². The summed E-state index contributed by atoms with van der Waals surface area (Å²) in [6.45, 7) is 0. The molecule has 0 spiro atoms. The molecule has 146 valence electrons. The fourth-order valence-corrected chi connectivity index (χ4v) is 3.50. The van der Waals surface area contributed by atoms with Crippen LogP contribution in [0.15, 0.2) is 104 Å². The standard InChI is InChI=1S/C15H9N2.C9H8BN2.Ir/c1-2-7-13-11(5-1)12-6-3-4-8-14(12)17-10-9-16-15(13)17;1-3-7-11-9(5-1)12-8-4-2-6-10-12;/h1-6,8-10H;1-8H;/q-1;;. The number of hydrogen-bond acceptors (Lipinski definition) is 3. The number of aromatic nitrogens is 3. The van der Waals surface area contributed by atoms with Crippen molar-refractivity contribution in [1.29, 1.82) is 0 Å². The predicted molar refractivity (Wildman–Crippen MR) is 120 cm³/mol. The number of rotatable bonds is 1. The SMILES string of the molecule is [B]1C=CC=CN1c1ccccn1.[Ir].[c-]1cccc2c1c1nccn1c1ccccc21. The number of para-hydroxylation sites is 1. The Morgan fingerprint density at radius 1 is 0.833 bits per heavy atom. The van der Waals surface area contributed by atoms with Crippen molar-refractivity contribution in [2.45, 2.75) is 0 Å². The molecule has 3 aromatic heterocycles. The van der Waals surface area contributed by atoms with E-state index in [1.807, 2.05) is 79.3 Å². The van der Waals surface area contributed by atoms with Crippen molar-refractivity contribution < 1.29 is 20.1 Å². The van der Waals surface area contributed by atoms with E-state index < -0.39 is 0 Å². The number of nitrogens with zero attached hydrogens (tertiary/aromatic N) is 4. The van der Waals surface area contributed by atoms with Crippen LogP contribution in [0, 0.1) is 6.07 Å². The van der Waals surface area contributed by atoms with Crippen LogP contribution in [0.5, 0.6) is 0 Å². The zero-order chi connectivity index (χ0) is 19.5. The molecule has 1 aliphatic heterocycles. The van der Waals surface area contributed by atoms with Crippen molar-refractivity contribution in [3.05, 3.63) is 110 Å². The van der Waals surface area contributed by atoms with Gasteiger partial charge in [0.1, 0.15) is 5.82 Å². The van der Waals surface area contributed by atoms with E-state index in [0.29, 0.717) is 0 Å². The quantitative estimate of drug-likeness (QED) is 0.164. The van der Waals surface area contributed by atoms with E-state index in [4.69, 9.17) is 0 Å². The van der Waals surface area contributed by atoms with Gasteiger partial charge in [0.25, 0.3) is 7.41 Å². The average Bonchev–Trinajstić information content (AvgIpc) is 3.32. The summed E-state index contributed by atoms with van der Waals surface area (Å²) in [7, 11) is 1.97. The van der Waals surface area contributed by atoms with E-state index in [2.05, 4.69) is 50.8 Å². The smallest absolute Gasteiger partial charge is 0.284 e. The molecular weight excluding hydrogens is 547 g/mol. The van der Waals surface area contributed by atoms with Gasteiger partial charge < -0.3 is 9.21 Å². The molecule has 0 saturated carbocycles. The summed E-state index contributed by atoms with van der Waals surface area (Å²) in [5.74, 6) is 2.92. The van der Waals surface area contributed by atoms with Crippen molar-refractivity contribution in [3.63, 3.8) is 0 Å². The van der Waals surface area contributed by atoms with Crippen molar-refractivity contribution in [2.75, 3.05) is 4.81 Å². The minimum atomic E-state index is 0. The fourth-order valence-electron chi connectivity index (χ4n) is 3.50. The Balaban J connectivity index is 0.000000149. The molecule has 0 bridgehead atoms. The Labute approximate surface area is 189 Å². The maximum absolute atomic E-state index is 4.43. The van der Waals surface area contributed by atoms with Gasteiger partial charge in [0.05, 0.1) is 5.65 Å². The van der Waals surface area contributed by atoms with Crippen LogP contribution in [0.1, 0.15) is 0 Å². The van der Waals surface area contributed by atoms with Crippen LogP contribution in [0.3, 0.4) is 0 Å². The molecule has 30 heavy (non-hydrogen) atoms. The monoisotopic (exact) mass is 565 g/mol. The Morgan fingerprint density at radius 3 is 2.53 bits per heavy atom. The summed E-state index contributed by atoms with van der Waals surface area (Å²) in [4.78, 5) is 10.6. The van der Waals surface area contributed by atoms with Crippen LogP contribution < -0.4 is 4.81 Å². The molecule has 0 amide bonds. The number of hydrogen-bond donors (Lipinski definition) is 0. The molecule has 0 aliphatic carbocycles. The molecule has 2 aromatic carbocycles. The topological polar surface area (TPSA) is 33.4 Å². The molecule has 1 aliphatic rings. The van der Waals surface area contributed by atoms with Gasteiger partial charge >= 0.3 is 0 Å². The van der Waals surface area contributed by atoms with Gasteiger partial charge in [-0.2, -0.15) is 0 Å². The van der Waals surface area contributed by atoms with Gasteiger partial charge in [-0.15, -0.1) is 29.7 Å². The molecule has 0 unspecified atom stereocenters. The largest absolute Gasteiger partial charge is 0.377 e. The average molecular weight is 564 g/mol. The Bertz CT molecular complexity index is 1280. The van der Waals surface area contributed by atoms with Crippen molar-refractivity contribution >= 4 is 40.6 Å². The van der Waals surface area contributed by atoms with Gasteiger partial charge in [0.15, 0.2) is 0 Å². The minimum Gasteiger partial charge on any atom is -0.377 e. The van der Waals surface area contributed by atoms with E-state index in [1.165, 1.54) is 16.3 Å². The molecule has 0 fully saturated rings. The second kappa shape index (κ2) is 9.08. The third-order valence-electron chi connectivity index (χ3n) is 4.80. The number of pyridine rings is 2. The number of benzene rings is 2. The fraction of sp³-hybridized carbons (Fsp3) is 0. The van der Waals surface area contributed by atoms with Crippen LogP contribution in [0.4, 0.5) is 5.82 Å². The number of anilines is 1. The van der Waals surface area contributed by atoms with Gasteiger partial charge in [-0.3, -0.25) is 4.98 Å². The maximum atomic E-state index is 4.43. The van der Waals surface area contributed by atoms with E-state index in [0.717, 1.165) is 16.9 Å². The molecule has 5 aromatic rings. The third kappa shape index (κ3) is 3.80. The second-order valence-corrected chi connectivity index (χ2v) is 6.57. The Kier molecular flexibility index (Phi) is 6.08. The van der Waals surface area contributed by atoms with Crippen molar-refractivity contribution in [1.82, 2.24) is 14.4 Å². The minimum absolute atomic E-state index is 0. The van der Waals surface area contributed by atoms with E-state index >= 15 is 0 Å². The van der Waals surface area contributed by atoms with Gasteiger partial charge in [-0.1, -0.05) is 41.7 Å². The first-order chi connectivity index (χ1) is 14.4. The second-order valence-electron chi connectivity index (χ2n) is 6.57. The number of allylic oxidation sites excluding steroid dienone is 2. The number of fused-ring (bicyclic) bond motifs is 6. The van der Waals surface area contributed by atoms with Gasteiger partial charge in [-0.25, -0.2) is 4.98 Å². The van der Waals surface area contributed by atoms with Crippen LogP contribution in [0.25, 0.3) is 27.3 Å². The van der Waals surface area contributed by atoms with Gasteiger partial charge in [0, 0.05) is 44.2 Å². The van der Waals surface area contributed by atoms with Crippen LogP contribution >= 0.6 is 0 Å². The van der Waals surface area contributed by atoms with E-state index in [1.54, 1.807) is 6.20 Å². The molecule has 6 heteroatoms. The molecule has 2 radical (unpaired) electrons. The molecule has 6 rings (SSSR count). The summed E-state index contributed by atoms with van der Waals surface area (Å²) in [6, 6.07) is 23.6. The van der Waals surface area contributed by atoms with Crippen LogP contribution in [0.2, 0.25) is 0 Å². The third-order valence-corrected chi connectivity index (χ3v) is 4.80. The molecule has 4 heterocycles. The molecule has 0 N–H and O–H groups in total. The van der Waals surface area contributed by atoms with Crippen LogP contribution in [-0.2, 0) is 20.1 Å². The van der Waals surface area contributed by atoms with E-state index in [9.17, 15) is 0 Å². The maximum Gasteiger partial charge on any atom is 0.284 e. The van der Waals surface area contributed by atoms with Gasteiger partial charge in [0.2, 0.25) is 0 Å². The molecule has 0 saturated heterocycles. The first-order valence-corrected chi connectivity index (χ1v) is 9.44. The van der Waals surface area contributed by atoms with E-state index in [-0.39, 0.29) is 20.1 Å². The molecule has 0 atom stereocenters. The summed E-state index contributed by atoms with van der Waals surface area (Å²) >= 11 is 0. The zero-order valence-corrected chi connectivity index (χ0v) is 18.4. The summed E-state index contributed by atoms with van der Waals surface area (Å²) in [5, 5.41) is 3.53. The predicted octanol–water partition coefficient (Wildman–Crippen LogP) is 4.99. The Morgan fingerprint density at radius 2 is 1.70 bits per heavy atom. The molecular formula is C24H17BIrN4-. The summed E-state index contributed by atoms with van der Waals surface area (Å²) in [5.41, 5.74) is 2.16. The summed E-state index contributed by atoms with van der Waals surface area (Å²) in [6.07, 6.45) is 11.6. The molecule has 4 nitrogen and oxygen atoms in total. The number of imidazole rings is 1. The summed E-state index contributed by atoms with van der Waals surface area (Å²) < 4.78 is 2.12. The van der Waals surface area contributed by atoms with Crippen LogP contribution in [-0.4, -0.2) is 21.8 Å². The first kappa shape index (κ1) is 20.1. The van der Waals surface area contributed by atoms with Crippen molar-refractivity contribution in [3.8, 4) is 0 Å². The Hall–Kier alpha value is -3.21. The zero-order valence-electron chi connectivity index (χ0n) is 16.0. The van der Waals surface area contributed by atoms with Crippen molar-refractivity contribution in [2.24, 2.45) is 0 Å².